The lowest BCUT2D eigenvalue weighted by Crippen LogP contribution is -2.33. The summed E-state index contributed by atoms with van der Waals surface area (Å²) in [4.78, 5) is 49.6. The Bertz CT molecular complexity index is 3540. The van der Waals surface area contributed by atoms with Crippen molar-refractivity contribution in [1.29, 1.82) is 0 Å². The number of nitrogens with two attached hydrogens (primary N) is 1. The fourth-order valence-corrected chi connectivity index (χ4v) is 11.1. The number of aliphatic carboxylic acids is 1. The molecule has 76 heavy (non-hydrogen) atoms. The van der Waals surface area contributed by atoms with Gasteiger partial charge in [-0.25, -0.2) is 4.79 Å². The zero-order chi connectivity index (χ0) is 53.8. The van der Waals surface area contributed by atoms with Gasteiger partial charge in [0.25, 0.3) is 0 Å². The maximum Gasteiger partial charge on any atom is 0.328 e. The summed E-state index contributed by atoms with van der Waals surface area (Å²) in [6, 6.07) is 23.1. The van der Waals surface area contributed by atoms with Crippen LogP contribution in [-0.2, 0) is 22.4 Å². The third-order valence-corrected chi connectivity index (χ3v) is 15.4. The maximum atomic E-state index is 12.5. The first-order valence-corrected chi connectivity index (χ1v) is 26.2. The second-order valence-electron chi connectivity index (χ2n) is 18.1. The van der Waals surface area contributed by atoms with E-state index >= 15 is 0 Å². The van der Waals surface area contributed by atoms with Gasteiger partial charge in [-0.1, -0.05) is 33.5 Å². The number of fused-ring (bicyclic) bond motifs is 2. The molecule has 0 saturated carbocycles. The Morgan fingerprint density at radius 3 is 1.54 bits per heavy atom. The van der Waals surface area contributed by atoms with Gasteiger partial charge in [-0.15, -0.1) is 35.1 Å². The Hall–Kier alpha value is -6.99. The molecular weight excluding hydrogens is 1070 g/mol. The molecule has 6 aromatic heterocycles. The minimum absolute atomic E-state index is 0. The van der Waals surface area contributed by atoms with Crippen molar-refractivity contribution in [2.75, 3.05) is 13.1 Å². The smallest absolute Gasteiger partial charge is 0.328 e. The van der Waals surface area contributed by atoms with Crippen LogP contribution in [0.5, 0.6) is 11.5 Å². The number of carbonyl (C=O) groups excluding carboxylic acids is 3. The molecule has 0 bridgehead atoms. The fraction of sp³-hybridized carbons (Fsp3) is 0.250. The van der Waals surface area contributed by atoms with Gasteiger partial charge in [-0.2, -0.15) is 0 Å². The van der Waals surface area contributed by atoms with Gasteiger partial charge in [0.1, 0.15) is 35.2 Å². The third-order valence-electron chi connectivity index (χ3n) is 12.4. The number of thiophene rings is 2. The summed E-state index contributed by atoms with van der Waals surface area (Å²) in [6.07, 6.45) is 7.24. The molecule has 0 spiro atoms. The minimum atomic E-state index is -0.961. The molecule has 2 unspecified atom stereocenters. The third kappa shape index (κ3) is 13.0. The lowest BCUT2D eigenvalue weighted by molar-refractivity contribution is -0.131. The van der Waals surface area contributed by atoms with Gasteiger partial charge < -0.3 is 34.7 Å². The molecule has 0 fully saturated rings. The highest BCUT2D eigenvalue weighted by Crippen LogP contribution is 2.42. The van der Waals surface area contributed by atoms with E-state index in [1.807, 2.05) is 117 Å². The number of hydrogen-bond donors (Lipinski definition) is 3. The van der Waals surface area contributed by atoms with Crippen LogP contribution in [0.15, 0.2) is 94.0 Å². The van der Waals surface area contributed by atoms with Crippen LogP contribution in [0.3, 0.4) is 0 Å². The molecule has 2 atom stereocenters. The second-order valence-corrected chi connectivity index (χ2v) is 21.1. The highest BCUT2D eigenvalue weighted by molar-refractivity contribution is 7.17. The van der Waals surface area contributed by atoms with E-state index in [0.29, 0.717) is 46.0 Å². The standard InChI is InChI=1S/C28H26ClN3O4S.C15H14ClNO2S.C13H14N2O3.ClH/c1-15-9-19(17(3)32(15)26-10-16(2)36-31-26)5-8-27(34)30-14-22-12-21-11-20(13-23(29)28(21)35-22)25-7-6-24(37-25)18(4)33;1-8(18)13-2-3-14(20-13)9-4-10-5-11(7-17)19-15(10)12(16)6-9;1-8-6-11(4-5-13(16)17)10(3)15(8)12-7-9(2)18-14-12;/h5-11,13,22H,12,14H2,1-4H3,(H,30,34);2-4,6,11H,5,7,17H2,1H3;4-7H,1-3H3,(H,16,17);1H/b8-5+;;5-4+;. The Balaban J connectivity index is 0.000000182. The Morgan fingerprint density at radius 2 is 1.13 bits per heavy atom. The van der Waals surface area contributed by atoms with Crippen LogP contribution >= 0.6 is 58.3 Å². The number of carboxylic acid groups (broad SMARTS) is 1. The zero-order valence-electron chi connectivity index (χ0n) is 42.8. The first-order valence-electron chi connectivity index (χ1n) is 23.8. The molecule has 2 aliphatic heterocycles. The number of halogens is 3. The fourth-order valence-electron chi connectivity index (χ4n) is 8.80. The lowest BCUT2D eigenvalue weighted by atomic mass is 10.1. The normalized spacial score (nSPS) is 14.2. The van der Waals surface area contributed by atoms with E-state index in [2.05, 4.69) is 21.7 Å². The number of benzene rings is 2. The van der Waals surface area contributed by atoms with Gasteiger partial charge in [0.2, 0.25) is 5.91 Å². The van der Waals surface area contributed by atoms with Crippen molar-refractivity contribution in [2.24, 2.45) is 5.73 Å². The molecule has 2 aliphatic rings. The number of rotatable bonds is 13. The van der Waals surface area contributed by atoms with Gasteiger partial charge in [-0.3, -0.25) is 23.5 Å². The van der Waals surface area contributed by atoms with Gasteiger partial charge in [0.05, 0.1) is 26.3 Å². The summed E-state index contributed by atoms with van der Waals surface area (Å²) < 4.78 is 25.9. The molecule has 396 valence electrons. The maximum absolute atomic E-state index is 12.5. The number of ketones is 2. The lowest BCUT2D eigenvalue weighted by Gasteiger charge is -2.11. The number of amides is 1. The van der Waals surface area contributed by atoms with E-state index < -0.39 is 5.97 Å². The predicted octanol–water partition coefficient (Wildman–Crippen LogP) is 12.6. The zero-order valence-corrected chi connectivity index (χ0v) is 46.7. The highest BCUT2D eigenvalue weighted by atomic mass is 35.5. The molecular formula is C56H55Cl3N6O9S2. The number of Topliss-reactive ketones (excluding diaryl/α,β-unsaturated/α-hetero) is 2. The van der Waals surface area contributed by atoms with Gasteiger partial charge in [-0.05, 0) is 150 Å². The number of ether oxygens (including phenoxy) is 2. The molecule has 4 N–H and O–H groups in total. The number of carboxylic acids is 1. The van der Waals surface area contributed by atoms with Crippen LogP contribution in [0.2, 0.25) is 10.0 Å². The van der Waals surface area contributed by atoms with Crippen molar-refractivity contribution in [3.63, 3.8) is 0 Å². The summed E-state index contributed by atoms with van der Waals surface area (Å²) >= 11 is 15.7. The molecule has 8 aromatic rings. The number of aryl methyl sites for hydroxylation is 4. The highest BCUT2D eigenvalue weighted by Gasteiger charge is 2.28. The largest absolute Gasteiger partial charge is 0.487 e. The van der Waals surface area contributed by atoms with Crippen LogP contribution in [-0.4, -0.2) is 73.3 Å². The minimum Gasteiger partial charge on any atom is -0.487 e. The average Bonchev–Trinajstić information content (AvgIpc) is 4.24. The van der Waals surface area contributed by atoms with Gasteiger partial charge in [0, 0.05) is 87.3 Å². The van der Waals surface area contributed by atoms with Crippen molar-refractivity contribution < 1.29 is 42.8 Å². The number of nitrogens with zero attached hydrogens (tertiary/aromatic N) is 4. The van der Waals surface area contributed by atoms with Gasteiger partial charge in [0.15, 0.2) is 23.2 Å². The summed E-state index contributed by atoms with van der Waals surface area (Å²) in [7, 11) is 0. The molecule has 0 saturated heterocycles. The predicted molar refractivity (Wildman–Crippen MR) is 301 cm³/mol. The van der Waals surface area contributed by atoms with Crippen molar-refractivity contribution in [3.05, 3.63) is 161 Å². The van der Waals surface area contributed by atoms with Crippen molar-refractivity contribution in [2.45, 2.75) is 80.4 Å². The monoisotopic (exact) mass is 1120 g/mol. The molecule has 15 nitrogen and oxygen atoms in total. The Labute approximate surface area is 463 Å². The van der Waals surface area contributed by atoms with E-state index in [4.69, 9.17) is 52.6 Å². The summed E-state index contributed by atoms with van der Waals surface area (Å²) in [6.45, 7) is 15.5. The number of carbonyl (C=O) groups is 4. The summed E-state index contributed by atoms with van der Waals surface area (Å²) in [5.74, 6) is 3.26. The molecule has 0 radical (unpaired) electrons. The molecule has 20 heteroatoms. The average molecular weight is 1130 g/mol. The molecule has 0 aliphatic carbocycles. The molecule has 10 rings (SSSR count). The van der Waals surface area contributed by atoms with Crippen LogP contribution in [0.25, 0.3) is 44.7 Å². The van der Waals surface area contributed by atoms with Crippen LogP contribution < -0.4 is 20.5 Å². The second kappa shape index (κ2) is 24.3. The number of aromatic nitrogens is 4. The van der Waals surface area contributed by atoms with Crippen LogP contribution in [0, 0.1) is 41.5 Å². The van der Waals surface area contributed by atoms with Crippen molar-refractivity contribution in [1.82, 2.24) is 24.8 Å². The van der Waals surface area contributed by atoms with E-state index in [1.54, 1.807) is 26.0 Å². The Morgan fingerprint density at radius 1 is 0.684 bits per heavy atom. The van der Waals surface area contributed by atoms with E-state index in [9.17, 15) is 19.2 Å². The number of hydrogen-bond acceptors (Lipinski definition) is 13. The molecule has 2 aromatic carbocycles. The van der Waals surface area contributed by atoms with Gasteiger partial charge >= 0.3 is 5.97 Å². The first kappa shape index (κ1) is 56.7. The summed E-state index contributed by atoms with van der Waals surface area (Å²) in [5, 5.41) is 20.7. The molecule has 1 amide bonds. The van der Waals surface area contributed by atoms with E-state index in [1.165, 1.54) is 28.7 Å². The topological polar surface area (TPSA) is 207 Å². The quantitative estimate of drug-likeness (QED) is 0.0728. The van der Waals surface area contributed by atoms with Crippen molar-refractivity contribution >= 4 is 93.9 Å². The van der Waals surface area contributed by atoms with E-state index in [0.717, 1.165) is 106 Å². The summed E-state index contributed by atoms with van der Waals surface area (Å²) in [5.41, 5.74) is 15.4. The van der Waals surface area contributed by atoms with Crippen LogP contribution in [0.4, 0.5) is 0 Å². The van der Waals surface area contributed by atoms with Crippen LogP contribution in [0.1, 0.15) is 89.7 Å². The SMILES string of the molecule is CC(=O)c1ccc(-c2cc(Cl)c3c(c2)CC(CN)O3)s1.CC(=O)c1ccc(-c2cc(Cl)c3c(c2)CC(CNC(=O)/C=C/c2cc(C)n(-c4cc(C)on4)c2C)O3)s1.Cc1cc(-n2c(C)cc(/C=C/C(=O)O)c2C)no1.Cl. The Kier molecular flexibility index (Phi) is 18.2. The first-order chi connectivity index (χ1) is 35.8. The van der Waals surface area contributed by atoms with E-state index in [-0.39, 0.29) is 42.1 Å². The molecule has 8 heterocycles. The van der Waals surface area contributed by atoms with Crippen molar-refractivity contribution in [3.8, 4) is 44.0 Å². The number of nitrogens with one attached hydrogen (secondary N) is 1.